The normalized spacial score (nSPS) is 11.6. The molecule has 88 valence electrons. The van der Waals surface area contributed by atoms with Crippen molar-refractivity contribution in [2.75, 3.05) is 13.1 Å². The fourth-order valence-electron chi connectivity index (χ4n) is 2.03. The van der Waals surface area contributed by atoms with Crippen LogP contribution >= 0.6 is 0 Å². The van der Waals surface area contributed by atoms with Gasteiger partial charge in [0.25, 0.3) is 0 Å². The van der Waals surface area contributed by atoms with Crippen LogP contribution in [0.3, 0.4) is 0 Å². The Kier molecular flexibility index (Phi) is 3.16. The Labute approximate surface area is 101 Å². The summed E-state index contributed by atoms with van der Waals surface area (Å²) in [5, 5.41) is 12.8. The van der Waals surface area contributed by atoms with E-state index in [4.69, 9.17) is 9.68 Å². The number of nitrogens with one attached hydrogen (secondary N) is 1. The van der Waals surface area contributed by atoms with E-state index in [1.165, 1.54) is 5.56 Å². The van der Waals surface area contributed by atoms with Gasteiger partial charge in [-0.1, -0.05) is 32.0 Å². The largest absolute Gasteiger partial charge is 0.464 e. The average molecular weight is 228 g/mol. The Balaban J connectivity index is 2.29. The maximum Gasteiger partial charge on any atom is 0.134 e. The van der Waals surface area contributed by atoms with Crippen LogP contribution in [-0.4, -0.2) is 13.1 Å². The van der Waals surface area contributed by atoms with Crippen LogP contribution in [0.2, 0.25) is 0 Å². The first kappa shape index (κ1) is 11.7. The van der Waals surface area contributed by atoms with Crippen LogP contribution in [-0.2, 0) is 5.41 Å². The maximum absolute atomic E-state index is 8.53. The first-order chi connectivity index (χ1) is 8.15. The topological polar surface area (TPSA) is 49.0 Å². The zero-order valence-corrected chi connectivity index (χ0v) is 10.2. The molecule has 3 nitrogen and oxygen atoms in total. The summed E-state index contributed by atoms with van der Waals surface area (Å²) in [6, 6.07) is 10.1. The van der Waals surface area contributed by atoms with Gasteiger partial charge in [-0.05, 0) is 6.07 Å². The van der Waals surface area contributed by atoms with Gasteiger partial charge in [0.05, 0.1) is 18.9 Å². The molecule has 0 unspecified atom stereocenters. The number of hydrogen-bond acceptors (Lipinski definition) is 3. The number of nitrogens with zero attached hydrogens (tertiary/aromatic N) is 1. The third-order valence-electron chi connectivity index (χ3n) is 2.98. The Hall–Kier alpha value is -1.79. The van der Waals surface area contributed by atoms with Crippen molar-refractivity contribution in [1.82, 2.24) is 5.32 Å². The fraction of sp³-hybridized carbons (Fsp3) is 0.357. The predicted octanol–water partition coefficient (Wildman–Crippen LogP) is 2.82. The van der Waals surface area contributed by atoms with E-state index in [0.717, 1.165) is 17.5 Å². The molecule has 0 spiro atoms. The third-order valence-corrected chi connectivity index (χ3v) is 2.98. The molecular weight excluding hydrogens is 212 g/mol. The van der Waals surface area contributed by atoms with Crippen LogP contribution in [0.5, 0.6) is 0 Å². The number of para-hydroxylation sites is 1. The molecule has 0 atom stereocenters. The zero-order chi connectivity index (χ0) is 12.3. The van der Waals surface area contributed by atoms with Gasteiger partial charge in [-0.15, -0.1) is 0 Å². The molecule has 0 aliphatic rings. The van der Waals surface area contributed by atoms with E-state index in [9.17, 15) is 0 Å². The standard InChI is InChI=1S/C14H16N2O/c1-14(2,10-16-8-7-15)12-9-17-13-6-4-3-5-11(12)13/h3-6,9,16H,8,10H2,1-2H3. The molecule has 1 aromatic heterocycles. The highest BCUT2D eigenvalue weighted by molar-refractivity contribution is 5.82. The second kappa shape index (κ2) is 4.60. The summed E-state index contributed by atoms with van der Waals surface area (Å²) in [4.78, 5) is 0. The fourth-order valence-corrected chi connectivity index (χ4v) is 2.03. The summed E-state index contributed by atoms with van der Waals surface area (Å²) in [6.07, 6.45) is 1.82. The molecule has 0 amide bonds. The summed E-state index contributed by atoms with van der Waals surface area (Å²) in [7, 11) is 0. The molecule has 17 heavy (non-hydrogen) atoms. The van der Waals surface area contributed by atoms with Crippen molar-refractivity contribution in [1.29, 1.82) is 5.26 Å². The summed E-state index contributed by atoms with van der Waals surface area (Å²) >= 11 is 0. The van der Waals surface area contributed by atoms with E-state index in [0.29, 0.717) is 6.54 Å². The van der Waals surface area contributed by atoms with Crippen molar-refractivity contribution in [3.63, 3.8) is 0 Å². The van der Waals surface area contributed by atoms with Crippen molar-refractivity contribution in [2.45, 2.75) is 19.3 Å². The molecular formula is C14H16N2O. The summed E-state index contributed by atoms with van der Waals surface area (Å²) < 4.78 is 5.55. The highest BCUT2D eigenvalue weighted by atomic mass is 16.3. The number of fused-ring (bicyclic) bond motifs is 1. The van der Waals surface area contributed by atoms with Crippen LogP contribution < -0.4 is 5.32 Å². The number of benzene rings is 1. The lowest BCUT2D eigenvalue weighted by atomic mass is 9.84. The maximum atomic E-state index is 8.53. The van der Waals surface area contributed by atoms with Crippen LogP contribution in [0, 0.1) is 11.3 Å². The molecule has 0 radical (unpaired) electrons. The van der Waals surface area contributed by atoms with Gasteiger partial charge < -0.3 is 9.73 Å². The van der Waals surface area contributed by atoms with E-state index in [-0.39, 0.29) is 5.41 Å². The lowest BCUT2D eigenvalue weighted by Crippen LogP contribution is -2.32. The first-order valence-electron chi connectivity index (χ1n) is 5.69. The van der Waals surface area contributed by atoms with Gasteiger partial charge >= 0.3 is 0 Å². The van der Waals surface area contributed by atoms with Gasteiger partial charge in [0.2, 0.25) is 0 Å². The van der Waals surface area contributed by atoms with Crippen LogP contribution in [0.4, 0.5) is 0 Å². The van der Waals surface area contributed by atoms with Crippen LogP contribution in [0.25, 0.3) is 11.0 Å². The monoisotopic (exact) mass is 228 g/mol. The molecule has 0 aliphatic carbocycles. The Morgan fingerprint density at radius 3 is 2.88 bits per heavy atom. The predicted molar refractivity (Wildman–Crippen MR) is 67.7 cm³/mol. The van der Waals surface area contributed by atoms with Crippen molar-refractivity contribution < 1.29 is 4.42 Å². The lowest BCUT2D eigenvalue weighted by molar-refractivity contribution is 0.478. The summed E-state index contributed by atoms with van der Waals surface area (Å²) in [5.41, 5.74) is 2.04. The molecule has 0 bridgehead atoms. The molecule has 0 saturated heterocycles. The molecule has 1 heterocycles. The minimum Gasteiger partial charge on any atom is -0.464 e. The minimum atomic E-state index is -0.0521. The zero-order valence-electron chi connectivity index (χ0n) is 10.2. The smallest absolute Gasteiger partial charge is 0.134 e. The quantitative estimate of drug-likeness (QED) is 0.646. The van der Waals surface area contributed by atoms with Gasteiger partial charge in [-0.3, -0.25) is 0 Å². The SMILES string of the molecule is CC(C)(CNCC#N)c1coc2ccccc12. The van der Waals surface area contributed by atoms with Crippen molar-refractivity contribution >= 4 is 11.0 Å². The molecule has 2 aromatic rings. The van der Waals surface area contributed by atoms with Gasteiger partial charge in [-0.2, -0.15) is 5.26 Å². The van der Waals surface area contributed by atoms with Gasteiger partial charge in [0.1, 0.15) is 5.58 Å². The van der Waals surface area contributed by atoms with Gasteiger partial charge in [0.15, 0.2) is 0 Å². The van der Waals surface area contributed by atoms with Crippen molar-refractivity contribution in [3.05, 3.63) is 36.1 Å². The van der Waals surface area contributed by atoms with Crippen molar-refractivity contribution in [3.8, 4) is 6.07 Å². The Morgan fingerprint density at radius 2 is 2.12 bits per heavy atom. The van der Waals surface area contributed by atoms with E-state index >= 15 is 0 Å². The third kappa shape index (κ3) is 2.32. The highest BCUT2D eigenvalue weighted by Crippen LogP contribution is 2.31. The lowest BCUT2D eigenvalue weighted by Gasteiger charge is -2.23. The Morgan fingerprint density at radius 1 is 1.35 bits per heavy atom. The molecule has 0 fully saturated rings. The molecule has 2 rings (SSSR count). The number of furan rings is 1. The van der Waals surface area contributed by atoms with E-state index < -0.39 is 0 Å². The van der Waals surface area contributed by atoms with Crippen LogP contribution in [0.1, 0.15) is 19.4 Å². The second-order valence-corrected chi connectivity index (χ2v) is 4.79. The average Bonchev–Trinajstić information content (AvgIpc) is 2.73. The second-order valence-electron chi connectivity index (χ2n) is 4.79. The van der Waals surface area contributed by atoms with E-state index in [1.54, 1.807) is 0 Å². The van der Waals surface area contributed by atoms with E-state index in [2.05, 4.69) is 31.3 Å². The Bertz CT molecular complexity index is 549. The molecule has 1 N–H and O–H groups in total. The molecule has 0 aliphatic heterocycles. The minimum absolute atomic E-state index is 0.0521. The molecule has 0 saturated carbocycles. The highest BCUT2D eigenvalue weighted by Gasteiger charge is 2.24. The van der Waals surface area contributed by atoms with Gasteiger partial charge in [-0.25, -0.2) is 0 Å². The summed E-state index contributed by atoms with van der Waals surface area (Å²) in [5.74, 6) is 0. The first-order valence-corrected chi connectivity index (χ1v) is 5.69. The number of rotatable bonds is 4. The molecule has 3 heteroatoms. The molecule has 1 aromatic carbocycles. The summed E-state index contributed by atoms with van der Waals surface area (Å²) in [6.45, 7) is 5.42. The number of hydrogen-bond donors (Lipinski definition) is 1. The van der Waals surface area contributed by atoms with Gasteiger partial charge in [0, 0.05) is 22.9 Å². The van der Waals surface area contributed by atoms with Crippen molar-refractivity contribution in [2.24, 2.45) is 0 Å². The number of nitriles is 1. The van der Waals surface area contributed by atoms with Crippen LogP contribution in [0.15, 0.2) is 34.9 Å². The van der Waals surface area contributed by atoms with E-state index in [1.807, 2.05) is 24.5 Å².